The molecule has 2 N–H and O–H groups in total. The van der Waals surface area contributed by atoms with Gasteiger partial charge in [-0.3, -0.25) is 4.90 Å². The Morgan fingerprint density at radius 3 is 2.12 bits per heavy atom. The maximum Gasteiger partial charge on any atom is 0.00991 e. The summed E-state index contributed by atoms with van der Waals surface area (Å²) in [7, 11) is 0. The molecule has 0 heterocycles. The zero-order chi connectivity index (χ0) is 12.8. The molecule has 1 fully saturated rings. The standard InChI is InChI=1S/C15H32N2/c1-5-17(13(4)7-6-12(2)3)15-10-8-14(16)9-11-15/h12-15H,5-11,16H2,1-4H3. The lowest BCUT2D eigenvalue weighted by Gasteiger charge is -2.39. The molecular formula is C15H32N2. The highest BCUT2D eigenvalue weighted by Gasteiger charge is 2.26. The fourth-order valence-corrected chi connectivity index (χ4v) is 3.10. The first-order chi connectivity index (χ1) is 8.04. The summed E-state index contributed by atoms with van der Waals surface area (Å²) in [6, 6.07) is 2.00. The van der Waals surface area contributed by atoms with E-state index in [1.165, 1.54) is 45.1 Å². The second-order valence-corrected chi connectivity index (χ2v) is 6.22. The van der Waals surface area contributed by atoms with Gasteiger partial charge in [0.2, 0.25) is 0 Å². The van der Waals surface area contributed by atoms with E-state index in [4.69, 9.17) is 5.73 Å². The average Bonchev–Trinajstić information content (AvgIpc) is 2.30. The zero-order valence-corrected chi connectivity index (χ0v) is 12.3. The van der Waals surface area contributed by atoms with E-state index >= 15 is 0 Å². The molecule has 0 spiro atoms. The van der Waals surface area contributed by atoms with Crippen LogP contribution in [-0.2, 0) is 0 Å². The third-order valence-electron chi connectivity index (χ3n) is 4.30. The van der Waals surface area contributed by atoms with Crippen LogP contribution in [0.25, 0.3) is 0 Å². The number of hydrogen-bond donors (Lipinski definition) is 1. The van der Waals surface area contributed by atoms with Gasteiger partial charge in [0, 0.05) is 18.1 Å². The van der Waals surface area contributed by atoms with Gasteiger partial charge in [0.05, 0.1) is 0 Å². The molecule has 2 heteroatoms. The molecule has 102 valence electrons. The predicted molar refractivity (Wildman–Crippen MR) is 76.1 cm³/mol. The lowest BCUT2D eigenvalue weighted by molar-refractivity contribution is 0.106. The predicted octanol–water partition coefficient (Wildman–Crippen LogP) is 3.40. The van der Waals surface area contributed by atoms with Crippen LogP contribution in [0, 0.1) is 5.92 Å². The van der Waals surface area contributed by atoms with Crippen LogP contribution >= 0.6 is 0 Å². The van der Waals surface area contributed by atoms with Crippen molar-refractivity contribution in [1.82, 2.24) is 4.90 Å². The number of nitrogens with two attached hydrogens (primary N) is 1. The highest BCUT2D eigenvalue weighted by molar-refractivity contribution is 4.83. The van der Waals surface area contributed by atoms with E-state index in [0.29, 0.717) is 6.04 Å². The maximum absolute atomic E-state index is 5.99. The van der Waals surface area contributed by atoms with E-state index in [2.05, 4.69) is 32.6 Å². The molecule has 1 aliphatic carbocycles. The van der Waals surface area contributed by atoms with Gasteiger partial charge in [-0.05, 0) is 57.9 Å². The molecule has 0 amide bonds. The first-order valence-electron chi connectivity index (χ1n) is 7.55. The van der Waals surface area contributed by atoms with E-state index in [1.807, 2.05) is 0 Å². The molecule has 2 nitrogen and oxygen atoms in total. The SMILES string of the molecule is CCN(C(C)CCC(C)C)C1CCC(N)CC1. The molecule has 0 aromatic carbocycles. The molecule has 0 aliphatic heterocycles. The van der Waals surface area contributed by atoms with Gasteiger partial charge in [0.25, 0.3) is 0 Å². The fourth-order valence-electron chi connectivity index (χ4n) is 3.10. The van der Waals surface area contributed by atoms with Gasteiger partial charge in [0.1, 0.15) is 0 Å². The van der Waals surface area contributed by atoms with Crippen molar-refractivity contribution < 1.29 is 0 Å². The lowest BCUT2D eigenvalue weighted by atomic mass is 9.89. The van der Waals surface area contributed by atoms with Crippen molar-refractivity contribution >= 4 is 0 Å². The van der Waals surface area contributed by atoms with E-state index in [-0.39, 0.29) is 0 Å². The lowest BCUT2D eigenvalue weighted by Crippen LogP contribution is -2.45. The van der Waals surface area contributed by atoms with Crippen molar-refractivity contribution in [2.45, 2.75) is 84.3 Å². The average molecular weight is 240 g/mol. The van der Waals surface area contributed by atoms with E-state index < -0.39 is 0 Å². The summed E-state index contributed by atoms with van der Waals surface area (Å²) in [5, 5.41) is 0. The van der Waals surface area contributed by atoms with Crippen LogP contribution in [-0.4, -0.2) is 29.6 Å². The Bertz CT molecular complexity index is 195. The minimum Gasteiger partial charge on any atom is -0.328 e. The summed E-state index contributed by atoms with van der Waals surface area (Å²) in [5.74, 6) is 0.830. The number of nitrogens with zero attached hydrogens (tertiary/aromatic N) is 1. The van der Waals surface area contributed by atoms with E-state index in [9.17, 15) is 0 Å². The summed E-state index contributed by atoms with van der Waals surface area (Å²) in [5.41, 5.74) is 5.99. The Morgan fingerprint density at radius 1 is 1.06 bits per heavy atom. The van der Waals surface area contributed by atoms with E-state index in [0.717, 1.165) is 18.0 Å². The summed E-state index contributed by atoms with van der Waals surface area (Å²) >= 11 is 0. The third-order valence-corrected chi connectivity index (χ3v) is 4.30. The van der Waals surface area contributed by atoms with Crippen LogP contribution < -0.4 is 5.73 Å². The number of rotatable bonds is 6. The first kappa shape index (κ1) is 15.0. The van der Waals surface area contributed by atoms with Crippen molar-refractivity contribution in [3.63, 3.8) is 0 Å². The smallest absolute Gasteiger partial charge is 0.00991 e. The molecular weight excluding hydrogens is 208 g/mol. The Labute approximate surface area is 108 Å². The fraction of sp³-hybridized carbons (Fsp3) is 1.00. The molecule has 0 aromatic heterocycles. The van der Waals surface area contributed by atoms with Crippen molar-refractivity contribution in [2.75, 3.05) is 6.54 Å². The van der Waals surface area contributed by atoms with Crippen molar-refractivity contribution in [3.05, 3.63) is 0 Å². The molecule has 1 saturated carbocycles. The van der Waals surface area contributed by atoms with Gasteiger partial charge in [0.15, 0.2) is 0 Å². The summed E-state index contributed by atoms with van der Waals surface area (Å²) in [4.78, 5) is 2.72. The molecule has 1 rings (SSSR count). The topological polar surface area (TPSA) is 29.3 Å². The zero-order valence-electron chi connectivity index (χ0n) is 12.3. The first-order valence-corrected chi connectivity index (χ1v) is 7.55. The minimum absolute atomic E-state index is 0.468. The monoisotopic (exact) mass is 240 g/mol. The molecule has 0 radical (unpaired) electrons. The largest absolute Gasteiger partial charge is 0.328 e. The molecule has 0 aromatic rings. The molecule has 1 unspecified atom stereocenters. The highest BCUT2D eigenvalue weighted by Crippen LogP contribution is 2.25. The van der Waals surface area contributed by atoms with Crippen LogP contribution in [0.3, 0.4) is 0 Å². The Hall–Kier alpha value is -0.0800. The number of hydrogen-bond acceptors (Lipinski definition) is 2. The molecule has 1 aliphatic rings. The van der Waals surface area contributed by atoms with Crippen LogP contribution in [0.4, 0.5) is 0 Å². The van der Waals surface area contributed by atoms with Gasteiger partial charge in [-0.15, -0.1) is 0 Å². The summed E-state index contributed by atoms with van der Waals surface area (Å²) < 4.78 is 0. The van der Waals surface area contributed by atoms with Crippen LogP contribution in [0.15, 0.2) is 0 Å². The van der Waals surface area contributed by atoms with Crippen molar-refractivity contribution in [3.8, 4) is 0 Å². The highest BCUT2D eigenvalue weighted by atomic mass is 15.2. The van der Waals surface area contributed by atoms with Crippen LogP contribution in [0.5, 0.6) is 0 Å². The van der Waals surface area contributed by atoms with Gasteiger partial charge in [-0.2, -0.15) is 0 Å². The van der Waals surface area contributed by atoms with Crippen molar-refractivity contribution in [2.24, 2.45) is 11.7 Å². The summed E-state index contributed by atoms with van der Waals surface area (Å²) in [6.45, 7) is 10.5. The normalized spacial score (nSPS) is 27.7. The maximum atomic E-state index is 5.99. The third kappa shape index (κ3) is 4.97. The molecule has 1 atom stereocenters. The van der Waals surface area contributed by atoms with Crippen LogP contribution in [0.1, 0.15) is 66.2 Å². The second-order valence-electron chi connectivity index (χ2n) is 6.22. The van der Waals surface area contributed by atoms with Gasteiger partial charge in [-0.25, -0.2) is 0 Å². The quantitative estimate of drug-likeness (QED) is 0.771. The molecule has 17 heavy (non-hydrogen) atoms. The Balaban J connectivity index is 2.40. The minimum atomic E-state index is 0.468. The molecule has 0 saturated heterocycles. The Morgan fingerprint density at radius 2 is 1.65 bits per heavy atom. The van der Waals surface area contributed by atoms with Crippen molar-refractivity contribution in [1.29, 1.82) is 0 Å². The van der Waals surface area contributed by atoms with Crippen LogP contribution in [0.2, 0.25) is 0 Å². The Kier molecular flexibility index (Phi) is 6.50. The summed E-state index contributed by atoms with van der Waals surface area (Å²) in [6.07, 6.45) is 7.75. The van der Waals surface area contributed by atoms with Gasteiger partial charge >= 0.3 is 0 Å². The van der Waals surface area contributed by atoms with E-state index in [1.54, 1.807) is 0 Å². The second kappa shape index (κ2) is 7.38. The molecule has 0 bridgehead atoms. The van der Waals surface area contributed by atoms with Gasteiger partial charge < -0.3 is 5.73 Å². The van der Waals surface area contributed by atoms with Gasteiger partial charge in [-0.1, -0.05) is 20.8 Å².